The zero-order valence-corrected chi connectivity index (χ0v) is 15.1. The third kappa shape index (κ3) is 3.12. The molecule has 4 aromatic rings. The Morgan fingerprint density at radius 2 is 1.54 bits per heavy atom. The van der Waals surface area contributed by atoms with Crippen molar-refractivity contribution in [3.63, 3.8) is 0 Å². The van der Waals surface area contributed by atoms with Crippen LogP contribution >= 0.6 is 22.6 Å². The van der Waals surface area contributed by atoms with E-state index >= 15 is 0 Å². The van der Waals surface area contributed by atoms with Gasteiger partial charge in [0.05, 0.1) is 16.9 Å². The van der Waals surface area contributed by atoms with Crippen LogP contribution in [0.2, 0.25) is 0 Å². The topological polar surface area (TPSA) is 24.9 Å². The Balaban J connectivity index is 1.86. The number of para-hydroxylation sites is 1. The summed E-state index contributed by atoms with van der Waals surface area (Å²) in [6.07, 6.45) is 0. The van der Waals surface area contributed by atoms with E-state index < -0.39 is 0 Å². The summed E-state index contributed by atoms with van der Waals surface area (Å²) >= 11 is 2.33. The van der Waals surface area contributed by atoms with Gasteiger partial charge in [0.1, 0.15) is 0 Å². The summed E-state index contributed by atoms with van der Waals surface area (Å²) in [5, 5.41) is 4.67. The molecule has 0 aliphatic rings. The molecule has 0 saturated heterocycles. The maximum absolute atomic E-state index is 4.82. The van der Waals surface area contributed by atoms with Crippen LogP contribution in [0.25, 0.3) is 22.2 Å². The van der Waals surface area contributed by atoms with Crippen LogP contribution in [0.15, 0.2) is 84.9 Å². The SMILES string of the molecule is Ic1cccc(Nc2cc(-c3ccccc3)nc3ccccc23)c1. The molecular weight excluding hydrogens is 407 g/mol. The lowest BCUT2D eigenvalue weighted by atomic mass is 10.1. The molecule has 0 aliphatic heterocycles. The number of anilines is 2. The smallest absolute Gasteiger partial charge is 0.0730 e. The molecule has 3 aromatic carbocycles. The summed E-state index contributed by atoms with van der Waals surface area (Å²) in [5.41, 5.74) is 5.24. The van der Waals surface area contributed by atoms with Gasteiger partial charge in [-0.1, -0.05) is 54.6 Å². The first-order valence-electron chi connectivity index (χ1n) is 7.77. The molecule has 0 bridgehead atoms. The number of rotatable bonds is 3. The van der Waals surface area contributed by atoms with E-state index in [-0.39, 0.29) is 0 Å². The quantitative estimate of drug-likeness (QED) is 0.395. The van der Waals surface area contributed by atoms with Crippen molar-refractivity contribution >= 4 is 44.9 Å². The van der Waals surface area contributed by atoms with Gasteiger partial charge in [-0.2, -0.15) is 0 Å². The van der Waals surface area contributed by atoms with Crippen LogP contribution in [-0.2, 0) is 0 Å². The highest BCUT2D eigenvalue weighted by atomic mass is 127. The van der Waals surface area contributed by atoms with E-state index in [4.69, 9.17) is 4.98 Å². The molecule has 24 heavy (non-hydrogen) atoms. The number of aromatic nitrogens is 1. The van der Waals surface area contributed by atoms with E-state index in [0.29, 0.717) is 0 Å². The predicted molar refractivity (Wildman–Crippen MR) is 110 cm³/mol. The molecule has 1 N–H and O–H groups in total. The van der Waals surface area contributed by atoms with Crippen molar-refractivity contribution in [2.45, 2.75) is 0 Å². The average Bonchev–Trinajstić information content (AvgIpc) is 2.62. The molecule has 0 unspecified atom stereocenters. The minimum absolute atomic E-state index is 0.974. The molecular formula is C21H15IN2. The van der Waals surface area contributed by atoms with E-state index in [2.05, 4.69) is 82.5 Å². The first kappa shape index (κ1) is 15.1. The molecule has 0 aliphatic carbocycles. The maximum Gasteiger partial charge on any atom is 0.0730 e. The minimum atomic E-state index is 0.974. The molecule has 2 nitrogen and oxygen atoms in total. The molecule has 0 spiro atoms. The average molecular weight is 422 g/mol. The third-order valence-electron chi connectivity index (χ3n) is 3.89. The van der Waals surface area contributed by atoms with Gasteiger partial charge in [-0.15, -0.1) is 0 Å². The number of fused-ring (bicyclic) bond motifs is 1. The Kier molecular flexibility index (Phi) is 4.17. The number of halogens is 1. The summed E-state index contributed by atoms with van der Waals surface area (Å²) < 4.78 is 1.21. The zero-order valence-electron chi connectivity index (χ0n) is 12.9. The standard InChI is InChI=1S/C21H15IN2/c22-16-9-6-10-17(13-16)23-21-14-20(15-7-2-1-3-8-15)24-19-12-5-4-11-18(19)21/h1-14H,(H,23,24). The highest BCUT2D eigenvalue weighted by molar-refractivity contribution is 14.1. The molecule has 116 valence electrons. The van der Waals surface area contributed by atoms with E-state index in [1.165, 1.54) is 3.57 Å². The molecule has 0 atom stereocenters. The summed E-state index contributed by atoms with van der Waals surface area (Å²) in [4.78, 5) is 4.82. The lowest BCUT2D eigenvalue weighted by Crippen LogP contribution is -1.95. The van der Waals surface area contributed by atoms with Gasteiger partial charge in [-0.25, -0.2) is 4.98 Å². The van der Waals surface area contributed by atoms with Crippen molar-refractivity contribution in [2.24, 2.45) is 0 Å². The van der Waals surface area contributed by atoms with Crippen molar-refractivity contribution in [3.8, 4) is 11.3 Å². The molecule has 1 heterocycles. The van der Waals surface area contributed by atoms with Crippen LogP contribution in [0.4, 0.5) is 11.4 Å². The Labute approximate surface area is 154 Å². The van der Waals surface area contributed by atoms with Gasteiger partial charge < -0.3 is 5.32 Å². The van der Waals surface area contributed by atoms with Gasteiger partial charge in [0, 0.05) is 20.2 Å². The molecule has 0 amide bonds. The molecule has 1 aromatic heterocycles. The number of nitrogens with one attached hydrogen (secondary N) is 1. The van der Waals surface area contributed by atoms with E-state index in [9.17, 15) is 0 Å². The predicted octanol–water partition coefficient (Wildman–Crippen LogP) is 6.25. The lowest BCUT2D eigenvalue weighted by Gasteiger charge is -2.12. The lowest BCUT2D eigenvalue weighted by molar-refractivity contribution is 1.39. The highest BCUT2D eigenvalue weighted by Gasteiger charge is 2.07. The van der Waals surface area contributed by atoms with Crippen LogP contribution in [-0.4, -0.2) is 4.98 Å². The van der Waals surface area contributed by atoms with Crippen LogP contribution in [0.5, 0.6) is 0 Å². The molecule has 0 radical (unpaired) electrons. The Morgan fingerprint density at radius 3 is 2.38 bits per heavy atom. The van der Waals surface area contributed by atoms with Gasteiger partial charge in [0.25, 0.3) is 0 Å². The molecule has 0 saturated carbocycles. The normalized spacial score (nSPS) is 10.7. The Hall–Kier alpha value is -2.40. The van der Waals surface area contributed by atoms with Crippen molar-refractivity contribution in [1.29, 1.82) is 0 Å². The van der Waals surface area contributed by atoms with Crippen molar-refractivity contribution < 1.29 is 0 Å². The fraction of sp³-hybridized carbons (Fsp3) is 0. The first-order chi connectivity index (χ1) is 11.8. The van der Waals surface area contributed by atoms with Gasteiger partial charge in [0.15, 0.2) is 0 Å². The first-order valence-corrected chi connectivity index (χ1v) is 8.85. The summed E-state index contributed by atoms with van der Waals surface area (Å²) in [5.74, 6) is 0. The van der Waals surface area contributed by atoms with Gasteiger partial charge in [-0.05, 0) is 52.9 Å². The van der Waals surface area contributed by atoms with Gasteiger partial charge >= 0.3 is 0 Å². The summed E-state index contributed by atoms with van der Waals surface area (Å²) in [6.45, 7) is 0. The summed E-state index contributed by atoms with van der Waals surface area (Å²) in [7, 11) is 0. The third-order valence-corrected chi connectivity index (χ3v) is 4.56. The van der Waals surface area contributed by atoms with Gasteiger partial charge in [-0.3, -0.25) is 0 Å². The number of nitrogens with zero attached hydrogens (tertiary/aromatic N) is 1. The van der Waals surface area contributed by atoms with Crippen LogP contribution < -0.4 is 5.32 Å². The second-order valence-corrected chi connectivity index (χ2v) is 6.82. The minimum Gasteiger partial charge on any atom is -0.355 e. The Bertz CT molecular complexity index is 997. The van der Waals surface area contributed by atoms with Crippen molar-refractivity contribution in [2.75, 3.05) is 5.32 Å². The fourth-order valence-electron chi connectivity index (χ4n) is 2.76. The highest BCUT2D eigenvalue weighted by Crippen LogP contribution is 2.30. The van der Waals surface area contributed by atoms with Crippen LogP contribution in [0, 0.1) is 3.57 Å². The number of benzene rings is 3. The van der Waals surface area contributed by atoms with Crippen molar-refractivity contribution in [3.05, 3.63) is 88.5 Å². The van der Waals surface area contributed by atoms with E-state index in [1.807, 2.05) is 30.3 Å². The number of hydrogen-bond acceptors (Lipinski definition) is 2. The Morgan fingerprint density at radius 1 is 0.750 bits per heavy atom. The zero-order chi connectivity index (χ0) is 16.4. The summed E-state index contributed by atoms with van der Waals surface area (Å²) in [6, 6.07) is 29.0. The number of pyridine rings is 1. The fourth-order valence-corrected chi connectivity index (χ4v) is 3.30. The molecule has 0 fully saturated rings. The van der Waals surface area contributed by atoms with E-state index in [0.717, 1.165) is 33.5 Å². The molecule has 3 heteroatoms. The van der Waals surface area contributed by atoms with Crippen LogP contribution in [0.1, 0.15) is 0 Å². The van der Waals surface area contributed by atoms with Crippen LogP contribution in [0.3, 0.4) is 0 Å². The molecule has 4 rings (SSSR count). The monoisotopic (exact) mass is 422 g/mol. The number of hydrogen-bond donors (Lipinski definition) is 1. The van der Waals surface area contributed by atoms with E-state index in [1.54, 1.807) is 0 Å². The maximum atomic E-state index is 4.82. The second kappa shape index (κ2) is 6.61. The second-order valence-electron chi connectivity index (χ2n) is 5.57. The van der Waals surface area contributed by atoms with Gasteiger partial charge in [0.2, 0.25) is 0 Å². The largest absolute Gasteiger partial charge is 0.355 e. The van der Waals surface area contributed by atoms with Crippen molar-refractivity contribution in [1.82, 2.24) is 4.98 Å².